The van der Waals surface area contributed by atoms with E-state index in [4.69, 9.17) is 39.5 Å². The number of nitrogens with zero attached hydrogens (tertiary/aromatic N) is 2. The van der Waals surface area contributed by atoms with Gasteiger partial charge in [0.25, 0.3) is 5.91 Å². The maximum atomic E-state index is 13.3. The number of benzene rings is 3. The van der Waals surface area contributed by atoms with E-state index in [1.54, 1.807) is 41.3 Å². The first-order valence-electron chi connectivity index (χ1n) is 10.3. The van der Waals surface area contributed by atoms with Crippen LogP contribution in [-0.2, 0) is 4.74 Å². The van der Waals surface area contributed by atoms with Crippen molar-refractivity contribution in [1.82, 2.24) is 4.90 Å². The molecule has 1 heterocycles. The van der Waals surface area contributed by atoms with Crippen molar-refractivity contribution >= 4 is 52.4 Å². The number of rotatable bonds is 4. The van der Waals surface area contributed by atoms with Crippen LogP contribution in [0.5, 0.6) is 0 Å². The van der Waals surface area contributed by atoms with Crippen LogP contribution in [0.4, 0.5) is 5.69 Å². The van der Waals surface area contributed by atoms with Crippen molar-refractivity contribution in [2.24, 2.45) is 0 Å². The predicted octanol–water partition coefficient (Wildman–Crippen LogP) is 6.14. The summed E-state index contributed by atoms with van der Waals surface area (Å²) in [7, 11) is 1.31. The highest BCUT2D eigenvalue weighted by molar-refractivity contribution is 6.36. The van der Waals surface area contributed by atoms with Crippen molar-refractivity contribution < 1.29 is 14.3 Å². The molecule has 0 saturated carbocycles. The van der Waals surface area contributed by atoms with Crippen LogP contribution in [0.25, 0.3) is 0 Å². The van der Waals surface area contributed by atoms with Crippen LogP contribution >= 0.6 is 34.8 Å². The average Bonchev–Trinajstić information content (AvgIpc) is 2.83. The van der Waals surface area contributed by atoms with Gasteiger partial charge in [-0.05, 0) is 54.1 Å². The van der Waals surface area contributed by atoms with Gasteiger partial charge >= 0.3 is 5.97 Å². The molecule has 8 heteroatoms. The second-order valence-corrected chi connectivity index (χ2v) is 8.96. The number of carbonyl (C=O) groups is 2. The summed E-state index contributed by atoms with van der Waals surface area (Å²) in [5.74, 6) is -0.632. The summed E-state index contributed by atoms with van der Waals surface area (Å²) in [5.41, 5.74) is 2.63. The fourth-order valence-electron chi connectivity index (χ4n) is 4.02. The first-order chi connectivity index (χ1) is 15.9. The standard InChI is InChI=1S/C25H21Cl3N2O3/c1-33-25(32)18-4-2-3-17(13-18)24(31)29-11-12-30(22-10-9-20(27)14-21(22)28)23(15-29)16-5-7-19(26)8-6-16/h2-10,13-14,23H,11-12,15H2,1H3. The first-order valence-corrected chi connectivity index (χ1v) is 11.5. The van der Waals surface area contributed by atoms with E-state index in [1.165, 1.54) is 7.11 Å². The molecule has 0 radical (unpaired) electrons. The fraction of sp³-hybridized carbons (Fsp3) is 0.200. The number of ether oxygens (including phenoxy) is 1. The maximum Gasteiger partial charge on any atom is 0.337 e. The summed E-state index contributed by atoms with van der Waals surface area (Å²) in [6.45, 7) is 1.49. The lowest BCUT2D eigenvalue weighted by molar-refractivity contribution is 0.0600. The molecule has 1 unspecified atom stereocenters. The zero-order chi connectivity index (χ0) is 23.5. The second kappa shape index (κ2) is 10.0. The van der Waals surface area contributed by atoms with Gasteiger partial charge in [-0.15, -0.1) is 0 Å². The summed E-state index contributed by atoms with van der Waals surface area (Å²) in [4.78, 5) is 29.2. The Morgan fingerprint density at radius 2 is 1.58 bits per heavy atom. The Morgan fingerprint density at radius 1 is 0.879 bits per heavy atom. The van der Waals surface area contributed by atoms with E-state index in [1.807, 2.05) is 30.3 Å². The van der Waals surface area contributed by atoms with Gasteiger partial charge in [-0.25, -0.2) is 4.79 Å². The minimum absolute atomic E-state index is 0.151. The Hall–Kier alpha value is -2.73. The smallest absolute Gasteiger partial charge is 0.337 e. The van der Waals surface area contributed by atoms with Gasteiger partial charge in [-0.3, -0.25) is 4.79 Å². The van der Waals surface area contributed by atoms with E-state index >= 15 is 0 Å². The zero-order valence-corrected chi connectivity index (χ0v) is 20.1. The van der Waals surface area contributed by atoms with E-state index < -0.39 is 5.97 Å². The lowest BCUT2D eigenvalue weighted by Gasteiger charge is -2.43. The molecule has 0 N–H and O–H groups in total. The highest BCUT2D eigenvalue weighted by Gasteiger charge is 2.32. The quantitative estimate of drug-likeness (QED) is 0.402. The van der Waals surface area contributed by atoms with Gasteiger partial charge < -0.3 is 14.5 Å². The topological polar surface area (TPSA) is 49.9 Å². The summed E-state index contributed by atoms with van der Waals surface area (Å²) in [6, 6.07) is 19.4. The van der Waals surface area contributed by atoms with Crippen molar-refractivity contribution in [1.29, 1.82) is 0 Å². The third kappa shape index (κ3) is 5.11. The molecule has 1 atom stereocenters. The molecule has 1 fully saturated rings. The molecular formula is C25H21Cl3N2O3. The molecular weight excluding hydrogens is 483 g/mol. The van der Waals surface area contributed by atoms with E-state index in [-0.39, 0.29) is 11.9 Å². The highest BCUT2D eigenvalue weighted by Crippen LogP contribution is 2.37. The van der Waals surface area contributed by atoms with Crippen LogP contribution in [0.1, 0.15) is 32.3 Å². The number of halogens is 3. The van der Waals surface area contributed by atoms with Crippen LogP contribution in [0, 0.1) is 0 Å². The van der Waals surface area contributed by atoms with Crippen molar-refractivity contribution in [3.05, 3.63) is 98.5 Å². The van der Waals surface area contributed by atoms with Gasteiger partial charge in [0.05, 0.1) is 29.4 Å². The molecule has 4 rings (SSSR count). The van der Waals surface area contributed by atoms with Crippen molar-refractivity contribution in [2.45, 2.75) is 6.04 Å². The Kier molecular flexibility index (Phi) is 7.13. The Balaban J connectivity index is 1.65. The first kappa shape index (κ1) is 23.4. The molecule has 0 aliphatic carbocycles. The molecule has 0 aromatic heterocycles. The van der Waals surface area contributed by atoms with Gasteiger partial charge in [-0.2, -0.15) is 0 Å². The van der Waals surface area contributed by atoms with Gasteiger partial charge in [0.2, 0.25) is 0 Å². The summed E-state index contributed by atoms with van der Waals surface area (Å²) in [6.07, 6.45) is 0. The average molecular weight is 504 g/mol. The van der Waals surface area contributed by atoms with Gasteiger partial charge in [-0.1, -0.05) is 53.0 Å². The molecule has 3 aromatic carbocycles. The highest BCUT2D eigenvalue weighted by atomic mass is 35.5. The molecule has 5 nitrogen and oxygen atoms in total. The summed E-state index contributed by atoms with van der Waals surface area (Å²) in [5, 5.41) is 1.75. The van der Waals surface area contributed by atoms with Crippen molar-refractivity contribution in [3.63, 3.8) is 0 Å². The molecule has 0 spiro atoms. The third-order valence-electron chi connectivity index (χ3n) is 5.67. The fourth-order valence-corrected chi connectivity index (χ4v) is 4.66. The molecule has 170 valence electrons. The van der Waals surface area contributed by atoms with Crippen LogP contribution in [0.15, 0.2) is 66.7 Å². The number of amides is 1. The lowest BCUT2D eigenvalue weighted by atomic mass is 10.00. The molecule has 1 amide bonds. The second-order valence-electron chi connectivity index (χ2n) is 7.68. The molecule has 1 aliphatic rings. The predicted molar refractivity (Wildman–Crippen MR) is 132 cm³/mol. The molecule has 1 saturated heterocycles. The van der Waals surface area contributed by atoms with Crippen LogP contribution in [-0.4, -0.2) is 43.5 Å². The van der Waals surface area contributed by atoms with Gasteiger partial charge in [0.1, 0.15) is 0 Å². The summed E-state index contributed by atoms with van der Waals surface area (Å²) < 4.78 is 4.78. The van der Waals surface area contributed by atoms with Crippen LogP contribution in [0.2, 0.25) is 15.1 Å². The number of hydrogen-bond donors (Lipinski definition) is 0. The molecule has 0 bridgehead atoms. The van der Waals surface area contributed by atoms with Gasteiger partial charge in [0.15, 0.2) is 0 Å². The molecule has 1 aliphatic heterocycles. The number of carbonyl (C=O) groups excluding carboxylic acids is 2. The van der Waals surface area contributed by atoms with E-state index in [0.29, 0.717) is 45.8 Å². The molecule has 3 aromatic rings. The third-order valence-corrected chi connectivity index (χ3v) is 6.46. The number of hydrogen-bond acceptors (Lipinski definition) is 4. The SMILES string of the molecule is COC(=O)c1cccc(C(=O)N2CCN(c3ccc(Cl)cc3Cl)C(c3ccc(Cl)cc3)C2)c1. The van der Waals surface area contributed by atoms with Crippen molar-refractivity contribution in [3.8, 4) is 0 Å². The largest absolute Gasteiger partial charge is 0.465 e. The number of esters is 1. The minimum Gasteiger partial charge on any atom is -0.465 e. The van der Waals surface area contributed by atoms with E-state index in [0.717, 1.165) is 11.3 Å². The molecule has 33 heavy (non-hydrogen) atoms. The van der Waals surface area contributed by atoms with Crippen molar-refractivity contribution in [2.75, 3.05) is 31.6 Å². The normalized spacial score (nSPS) is 15.9. The Bertz CT molecular complexity index is 1180. The zero-order valence-electron chi connectivity index (χ0n) is 17.8. The number of anilines is 1. The van der Waals surface area contributed by atoms with Gasteiger partial charge in [0, 0.05) is 35.2 Å². The van der Waals surface area contributed by atoms with E-state index in [9.17, 15) is 9.59 Å². The lowest BCUT2D eigenvalue weighted by Crippen LogP contribution is -2.50. The minimum atomic E-state index is -0.481. The maximum absolute atomic E-state index is 13.3. The number of methoxy groups -OCH3 is 1. The van der Waals surface area contributed by atoms with Crippen LogP contribution in [0.3, 0.4) is 0 Å². The van der Waals surface area contributed by atoms with Crippen LogP contribution < -0.4 is 4.90 Å². The Labute approximate surface area is 207 Å². The number of piperazine rings is 1. The van der Waals surface area contributed by atoms with E-state index in [2.05, 4.69) is 4.90 Å². The monoisotopic (exact) mass is 502 g/mol. The summed E-state index contributed by atoms with van der Waals surface area (Å²) >= 11 is 18.7. The Morgan fingerprint density at radius 3 is 2.27 bits per heavy atom.